The topological polar surface area (TPSA) is 66.0 Å². The number of likely N-dealkylation sites (N-methyl/N-ethyl adjacent to an activating group) is 1. The van der Waals surface area contributed by atoms with Crippen LogP contribution in [-0.2, 0) is 6.42 Å². The Morgan fingerprint density at radius 3 is 2.95 bits per heavy atom. The minimum atomic E-state index is -0.0414. The Balaban J connectivity index is 2.12. The molecule has 0 aliphatic rings. The van der Waals surface area contributed by atoms with Gasteiger partial charge in [-0.05, 0) is 23.9 Å². The number of nitrogen functional groups attached to an aromatic ring is 1. The number of pyridine rings is 1. The Bertz CT molecular complexity index is 568. The first kappa shape index (κ1) is 13.8. The van der Waals surface area contributed by atoms with Crippen LogP contribution < -0.4 is 10.6 Å². The average molecular weight is 295 g/mol. The fraction of sp³-hybridized carbons (Fsp3) is 0.231. The first-order valence-corrected chi connectivity index (χ1v) is 7.07. The number of hydrogen-bond acceptors (Lipinski definition) is 4. The van der Waals surface area contributed by atoms with Crippen LogP contribution in [0.1, 0.15) is 10.4 Å². The summed E-state index contributed by atoms with van der Waals surface area (Å²) in [5, 5.41) is 9.98. The van der Waals surface area contributed by atoms with Crippen molar-refractivity contribution in [2.75, 3.05) is 18.5 Å². The largest absolute Gasteiger partial charge is 0.384 e. The molecule has 2 aromatic rings. The van der Waals surface area contributed by atoms with Gasteiger partial charge in [0, 0.05) is 30.2 Å². The van der Waals surface area contributed by atoms with Crippen molar-refractivity contribution in [2.45, 2.75) is 6.42 Å². The monoisotopic (exact) mass is 294 g/mol. The van der Waals surface area contributed by atoms with Crippen LogP contribution in [0.5, 0.6) is 0 Å². The number of aromatic nitrogens is 1. The molecule has 2 heterocycles. The van der Waals surface area contributed by atoms with Gasteiger partial charge in [0.25, 0.3) is 0 Å². The van der Waals surface area contributed by atoms with E-state index in [0.29, 0.717) is 16.4 Å². The van der Waals surface area contributed by atoms with Crippen LogP contribution in [-0.4, -0.2) is 24.4 Å². The lowest BCUT2D eigenvalue weighted by molar-refractivity contribution is 0.869. The molecule has 0 amide bonds. The van der Waals surface area contributed by atoms with E-state index in [4.69, 9.17) is 22.7 Å². The third-order valence-corrected chi connectivity index (χ3v) is 4.11. The van der Waals surface area contributed by atoms with Crippen LogP contribution in [0.15, 0.2) is 29.8 Å². The molecule has 0 saturated heterocycles. The molecule has 0 aliphatic carbocycles. The van der Waals surface area contributed by atoms with Gasteiger partial charge in [0.1, 0.15) is 11.7 Å². The number of rotatable bonds is 5. The van der Waals surface area contributed by atoms with E-state index in [9.17, 15) is 0 Å². The van der Waals surface area contributed by atoms with Crippen molar-refractivity contribution in [2.24, 2.45) is 5.73 Å². The summed E-state index contributed by atoms with van der Waals surface area (Å²) in [4.78, 5) is 7.57. The summed E-state index contributed by atoms with van der Waals surface area (Å²) < 4.78 is 0. The lowest BCUT2D eigenvalue weighted by Crippen LogP contribution is -2.23. The van der Waals surface area contributed by atoms with Crippen molar-refractivity contribution in [3.05, 3.63) is 45.2 Å². The van der Waals surface area contributed by atoms with Crippen molar-refractivity contribution >= 4 is 34.6 Å². The number of nitrogens with one attached hydrogen (secondary N) is 1. The van der Waals surface area contributed by atoms with E-state index >= 15 is 0 Å². The highest BCUT2D eigenvalue weighted by atomic mass is 35.5. The van der Waals surface area contributed by atoms with Gasteiger partial charge in [0.2, 0.25) is 0 Å². The molecule has 0 bridgehead atoms. The van der Waals surface area contributed by atoms with Crippen LogP contribution in [0.25, 0.3) is 0 Å². The maximum absolute atomic E-state index is 7.48. The van der Waals surface area contributed by atoms with Crippen LogP contribution in [0.3, 0.4) is 0 Å². The Morgan fingerprint density at radius 2 is 2.32 bits per heavy atom. The number of hydrogen-bond donors (Lipinski definition) is 2. The maximum atomic E-state index is 7.48. The summed E-state index contributed by atoms with van der Waals surface area (Å²) in [7, 11) is 1.94. The number of amidine groups is 1. The number of halogens is 1. The summed E-state index contributed by atoms with van der Waals surface area (Å²) in [6.07, 6.45) is 2.57. The van der Waals surface area contributed by atoms with E-state index in [1.54, 1.807) is 23.6 Å². The van der Waals surface area contributed by atoms with Crippen molar-refractivity contribution in [3.8, 4) is 0 Å². The molecular weight excluding hydrogens is 280 g/mol. The normalized spacial score (nSPS) is 10.4. The van der Waals surface area contributed by atoms with Gasteiger partial charge < -0.3 is 10.6 Å². The number of anilines is 1. The third kappa shape index (κ3) is 3.24. The highest BCUT2D eigenvalue weighted by molar-refractivity contribution is 7.09. The molecule has 0 saturated carbocycles. The Labute approximate surface area is 121 Å². The molecule has 19 heavy (non-hydrogen) atoms. The van der Waals surface area contributed by atoms with Crippen LogP contribution in [0.2, 0.25) is 5.02 Å². The van der Waals surface area contributed by atoms with Gasteiger partial charge in [-0.15, -0.1) is 11.3 Å². The minimum Gasteiger partial charge on any atom is -0.384 e. The van der Waals surface area contributed by atoms with Gasteiger partial charge >= 0.3 is 0 Å². The fourth-order valence-corrected chi connectivity index (χ4v) is 2.80. The standard InChI is InChI=1S/C13H15ClN4S/c1-18(7-5-9-3-2-8-19-9)13-11(14)10(12(15)16)4-6-17-13/h2-4,6,8H,5,7H2,1H3,(H3,15,16). The van der Waals surface area contributed by atoms with Crippen molar-refractivity contribution in [1.82, 2.24) is 4.98 Å². The van der Waals surface area contributed by atoms with Gasteiger partial charge in [0.15, 0.2) is 0 Å². The van der Waals surface area contributed by atoms with Crippen LogP contribution in [0, 0.1) is 5.41 Å². The lowest BCUT2D eigenvalue weighted by Gasteiger charge is -2.20. The molecule has 0 spiro atoms. The average Bonchev–Trinajstić information content (AvgIpc) is 2.89. The zero-order valence-electron chi connectivity index (χ0n) is 10.6. The van der Waals surface area contributed by atoms with Gasteiger partial charge in [-0.25, -0.2) is 4.98 Å². The Morgan fingerprint density at radius 1 is 1.53 bits per heavy atom. The van der Waals surface area contributed by atoms with Gasteiger partial charge in [-0.2, -0.15) is 0 Å². The van der Waals surface area contributed by atoms with E-state index in [-0.39, 0.29) is 5.84 Å². The quantitative estimate of drug-likeness (QED) is 0.658. The maximum Gasteiger partial charge on any atom is 0.147 e. The molecule has 2 rings (SSSR count). The molecule has 0 radical (unpaired) electrons. The van der Waals surface area contributed by atoms with Crippen LogP contribution >= 0.6 is 22.9 Å². The molecule has 6 heteroatoms. The highest BCUT2D eigenvalue weighted by Gasteiger charge is 2.13. The number of nitrogens with two attached hydrogens (primary N) is 1. The van der Waals surface area contributed by atoms with Crippen molar-refractivity contribution < 1.29 is 0 Å². The van der Waals surface area contributed by atoms with E-state index in [1.807, 2.05) is 18.0 Å². The summed E-state index contributed by atoms with van der Waals surface area (Å²) in [6.45, 7) is 0.814. The molecular formula is C13H15ClN4S. The molecule has 0 fully saturated rings. The lowest BCUT2D eigenvalue weighted by atomic mass is 10.2. The summed E-state index contributed by atoms with van der Waals surface area (Å²) >= 11 is 7.98. The molecule has 4 nitrogen and oxygen atoms in total. The van der Waals surface area contributed by atoms with Gasteiger partial charge in [-0.1, -0.05) is 17.7 Å². The second-order valence-electron chi connectivity index (χ2n) is 4.16. The molecule has 0 aliphatic heterocycles. The number of nitrogens with zero attached hydrogens (tertiary/aromatic N) is 2. The molecule has 100 valence electrons. The second kappa shape index (κ2) is 6.04. The van der Waals surface area contributed by atoms with E-state index in [0.717, 1.165) is 13.0 Å². The SMILES string of the molecule is CN(CCc1cccs1)c1nccc(C(=N)N)c1Cl. The van der Waals surface area contributed by atoms with Gasteiger partial charge in [-0.3, -0.25) is 5.41 Å². The molecule has 3 N–H and O–H groups in total. The Hall–Kier alpha value is -1.59. The van der Waals surface area contributed by atoms with Crippen molar-refractivity contribution in [3.63, 3.8) is 0 Å². The highest BCUT2D eigenvalue weighted by Crippen LogP contribution is 2.26. The minimum absolute atomic E-state index is 0.0414. The van der Waals surface area contributed by atoms with Gasteiger partial charge in [0.05, 0.1) is 5.02 Å². The van der Waals surface area contributed by atoms with E-state index in [2.05, 4.69) is 16.4 Å². The zero-order valence-corrected chi connectivity index (χ0v) is 12.1. The van der Waals surface area contributed by atoms with Crippen molar-refractivity contribution in [1.29, 1.82) is 5.41 Å². The van der Waals surface area contributed by atoms with Crippen LogP contribution in [0.4, 0.5) is 5.82 Å². The first-order chi connectivity index (χ1) is 9.09. The van der Waals surface area contributed by atoms with E-state index in [1.165, 1.54) is 4.88 Å². The molecule has 0 aromatic carbocycles. The molecule has 0 unspecified atom stereocenters. The predicted octanol–water partition coefficient (Wildman–Crippen LogP) is 2.76. The zero-order chi connectivity index (χ0) is 13.8. The smallest absolute Gasteiger partial charge is 0.147 e. The molecule has 2 aromatic heterocycles. The third-order valence-electron chi connectivity index (χ3n) is 2.80. The number of thiophene rings is 1. The Kier molecular flexibility index (Phi) is 4.39. The fourth-order valence-electron chi connectivity index (χ4n) is 1.75. The summed E-state index contributed by atoms with van der Waals surface area (Å²) in [6, 6.07) is 5.81. The van der Waals surface area contributed by atoms with E-state index < -0.39 is 0 Å². The predicted molar refractivity (Wildman–Crippen MR) is 81.6 cm³/mol. The first-order valence-electron chi connectivity index (χ1n) is 5.82. The molecule has 0 atom stereocenters. The summed E-state index contributed by atoms with van der Waals surface area (Å²) in [5.74, 6) is 0.617. The summed E-state index contributed by atoms with van der Waals surface area (Å²) in [5.41, 5.74) is 6.01. The second-order valence-corrected chi connectivity index (χ2v) is 5.57.